The molecule has 1 aromatic rings. The highest BCUT2D eigenvalue weighted by molar-refractivity contribution is 6.07. The van der Waals surface area contributed by atoms with Crippen molar-refractivity contribution >= 4 is 11.9 Å². The maximum absolute atomic E-state index is 11.7. The largest absolute Gasteiger partial charge is 0.497 e. The smallest absolute Gasteiger partial charge is 0.353 e. The average molecular weight is 266 g/mol. The number of carbonyl (C=O) groups excluding carboxylic acids is 2. The number of rotatable bonds is 4. The van der Waals surface area contributed by atoms with Crippen LogP contribution in [0.25, 0.3) is 0 Å². The van der Waals surface area contributed by atoms with Crippen molar-refractivity contribution in [2.45, 2.75) is 11.7 Å². The average Bonchev–Trinajstić information content (AvgIpc) is 3.22. The minimum Gasteiger partial charge on any atom is -0.497 e. The van der Waals surface area contributed by atoms with Crippen molar-refractivity contribution in [1.29, 1.82) is 0 Å². The van der Waals surface area contributed by atoms with E-state index < -0.39 is 23.6 Å². The fraction of sp³-hybridized carbons (Fsp3) is 0.385. The molecule has 0 N–H and O–H groups in total. The van der Waals surface area contributed by atoms with Gasteiger partial charge in [-0.3, -0.25) is 0 Å². The molecular formula is C13H14O6. The molecule has 1 saturated heterocycles. The lowest BCUT2D eigenvalue weighted by atomic mass is 9.99. The predicted molar refractivity (Wildman–Crippen MR) is 63.6 cm³/mol. The van der Waals surface area contributed by atoms with Crippen molar-refractivity contribution in [3.63, 3.8) is 0 Å². The summed E-state index contributed by atoms with van der Waals surface area (Å²) in [6, 6.07) is 6.88. The number of ether oxygens (including phenoxy) is 4. The van der Waals surface area contributed by atoms with Gasteiger partial charge in [0.25, 0.3) is 5.60 Å². The van der Waals surface area contributed by atoms with E-state index in [9.17, 15) is 9.59 Å². The maximum Gasteiger partial charge on any atom is 0.353 e. The Hall–Kier alpha value is -2.08. The van der Waals surface area contributed by atoms with Gasteiger partial charge in [0.1, 0.15) is 11.9 Å². The van der Waals surface area contributed by atoms with Crippen LogP contribution < -0.4 is 4.74 Å². The molecule has 19 heavy (non-hydrogen) atoms. The molecule has 0 spiro atoms. The van der Waals surface area contributed by atoms with Crippen LogP contribution in [0.15, 0.2) is 24.3 Å². The summed E-state index contributed by atoms with van der Waals surface area (Å²) in [6.07, 6.45) is -0.696. The lowest BCUT2D eigenvalue weighted by Crippen LogP contribution is -2.37. The highest BCUT2D eigenvalue weighted by atomic mass is 16.7. The second kappa shape index (κ2) is 4.89. The van der Waals surface area contributed by atoms with E-state index in [1.807, 2.05) is 0 Å². The number of esters is 2. The topological polar surface area (TPSA) is 74.4 Å². The first-order chi connectivity index (χ1) is 9.09. The van der Waals surface area contributed by atoms with Crippen LogP contribution in [0.2, 0.25) is 0 Å². The van der Waals surface area contributed by atoms with Gasteiger partial charge in [-0.05, 0) is 17.7 Å². The first-order valence-electron chi connectivity index (χ1n) is 5.58. The molecule has 0 amide bonds. The predicted octanol–water partition coefficient (Wildman–Crippen LogP) is 0.851. The molecule has 2 rings (SSSR count). The molecule has 6 heteroatoms. The molecule has 0 saturated carbocycles. The quantitative estimate of drug-likeness (QED) is 0.457. The Bertz CT molecular complexity index is 476. The van der Waals surface area contributed by atoms with E-state index in [4.69, 9.17) is 9.47 Å². The normalized spacial score (nSPS) is 19.4. The number of carbonyl (C=O) groups is 2. The molecule has 6 nitrogen and oxygen atoms in total. The summed E-state index contributed by atoms with van der Waals surface area (Å²) < 4.78 is 19.5. The number of hydrogen-bond donors (Lipinski definition) is 0. The van der Waals surface area contributed by atoms with Gasteiger partial charge in [-0.1, -0.05) is 12.1 Å². The third-order valence-corrected chi connectivity index (χ3v) is 3.01. The van der Waals surface area contributed by atoms with Crippen LogP contribution in [0.4, 0.5) is 0 Å². The van der Waals surface area contributed by atoms with Crippen molar-refractivity contribution in [3.8, 4) is 5.75 Å². The molecular weight excluding hydrogens is 252 g/mol. The van der Waals surface area contributed by atoms with Crippen LogP contribution in [0.5, 0.6) is 5.75 Å². The maximum atomic E-state index is 11.7. The van der Waals surface area contributed by atoms with E-state index in [-0.39, 0.29) is 0 Å². The molecule has 1 atom stereocenters. The van der Waals surface area contributed by atoms with E-state index in [0.717, 1.165) is 0 Å². The second-order valence-corrected chi connectivity index (χ2v) is 3.99. The zero-order valence-electron chi connectivity index (χ0n) is 10.8. The lowest BCUT2D eigenvalue weighted by molar-refractivity contribution is -0.160. The van der Waals surface area contributed by atoms with Gasteiger partial charge >= 0.3 is 11.9 Å². The Labute approximate surface area is 110 Å². The van der Waals surface area contributed by atoms with Gasteiger partial charge in [-0.2, -0.15) is 0 Å². The van der Waals surface area contributed by atoms with Crippen LogP contribution in [0, 0.1) is 0 Å². The van der Waals surface area contributed by atoms with E-state index in [0.29, 0.717) is 11.3 Å². The Kier molecular flexibility index (Phi) is 3.44. The fourth-order valence-electron chi connectivity index (χ4n) is 1.93. The minimum absolute atomic E-state index is 0.672. The van der Waals surface area contributed by atoms with Crippen LogP contribution in [-0.2, 0) is 23.8 Å². The van der Waals surface area contributed by atoms with Crippen molar-refractivity contribution in [2.75, 3.05) is 21.3 Å². The number of benzene rings is 1. The van der Waals surface area contributed by atoms with E-state index >= 15 is 0 Å². The lowest BCUT2D eigenvalue weighted by Gasteiger charge is -2.08. The third kappa shape index (κ3) is 2.04. The fourth-order valence-corrected chi connectivity index (χ4v) is 1.93. The summed E-state index contributed by atoms with van der Waals surface area (Å²) in [5, 5.41) is 0. The van der Waals surface area contributed by atoms with Crippen molar-refractivity contribution in [3.05, 3.63) is 29.8 Å². The zero-order chi connectivity index (χ0) is 14.0. The first-order valence-corrected chi connectivity index (χ1v) is 5.58. The molecule has 1 heterocycles. The highest BCUT2D eigenvalue weighted by Gasteiger charge is 2.71. The standard InChI is InChI=1S/C13H14O6/c1-16-9-6-4-8(5-7-9)10-13(19-10,11(14)17-2)12(15)18-3/h4-7,10H,1-3H3. The molecule has 102 valence electrons. The molecule has 0 bridgehead atoms. The molecule has 1 aromatic carbocycles. The molecule has 1 unspecified atom stereocenters. The second-order valence-electron chi connectivity index (χ2n) is 3.99. The van der Waals surface area contributed by atoms with Gasteiger partial charge in [0.15, 0.2) is 0 Å². The molecule has 0 aromatic heterocycles. The summed E-state index contributed by atoms with van der Waals surface area (Å²) in [7, 11) is 3.94. The molecule has 0 radical (unpaired) electrons. The van der Waals surface area contributed by atoms with Gasteiger partial charge in [-0.15, -0.1) is 0 Å². The summed E-state index contributed by atoms with van der Waals surface area (Å²) in [4.78, 5) is 23.5. The van der Waals surface area contributed by atoms with Crippen LogP contribution in [0.3, 0.4) is 0 Å². The number of methoxy groups -OCH3 is 3. The Balaban J connectivity index is 2.27. The van der Waals surface area contributed by atoms with Gasteiger partial charge in [0, 0.05) is 0 Å². The SMILES string of the molecule is COC(=O)C1(C(=O)OC)OC1c1ccc(OC)cc1. The molecule has 0 aliphatic carbocycles. The summed E-state index contributed by atoms with van der Waals surface area (Å²) >= 11 is 0. The van der Waals surface area contributed by atoms with E-state index in [1.54, 1.807) is 31.4 Å². The van der Waals surface area contributed by atoms with Crippen molar-refractivity contribution in [1.82, 2.24) is 0 Å². The zero-order valence-corrected chi connectivity index (χ0v) is 10.8. The Morgan fingerprint density at radius 2 is 1.58 bits per heavy atom. The minimum atomic E-state index is -1.68. The van der Waals surface area contributed by atoms with E-state index in [2.05, 4.69) is 9.47 Å². The van der Waals surface area contributed by atoms with Gasteiger partial charge in [0.2, 0.25) is 0 Å². The van der Waals surface area contributed by atoms with Gasteiger partial charge in [0.05, 0.1) is 21.3 Å². The van der Waals surface area contributed by atoms with Crippen molar-refractivity contribution < 1.29 is 28.5 Å². The van der Waals surface area contributed by atoms with Crippen LogP contribution >= 0.6 is 0 Å². The van der Waals surface area contributed by atoms with Crippen LogP contribution in [-0.4, -0.2) is 38.9 Å². The number of epoxide rings is 1. The third-order valence-electron chi connectivity index (χ3n) is 3.01. The van der Waals surface area contributed by atoms with Gasteiger partial charge < -0.3 is 18.9 Å². The molecule has 1 aliphatic rings. The van der Waals surface area contributed by atoms with Crippen LogP contribution in [0.1, 0.15) is 11.7 Å². The van der Waals surface area contributed by atoms with Gasteiger partial charge in [-0.25, -0.2) is 9.59 Å². The summed E-state index contributed by atoms with van der Waals surface area (Å²) in [6.45, 7) is 0. The molecule has 1 fully saturated rings. The first kappa shape index (κ1) is 13.4. The highest BCUT2D eigenvalue weighted by Crippen LogP contribution is 2.51. The monoisotopic (exact) mass is 266 g/mol. The number of hydrogen-bond acceptors (Lipinski definition) is 6. The Morgan fingerprint density at radius 1 is 1.05 bits per heavy atom. The van der Waals surface area contributed by atoms with E-state index in [1.165, 1.54) is 14.2 Å². The molecule has 1 aliphatic heterocycles. The summed E-state index contributed by atoms with van der Waals surface area (Å²) in [5.74, 6) is -0.855. The summed E-state index contributed by atoms with van der Waals surface area (Å²) in [5.41, 5.74) is -1.01. The van der Waals surface area contributed by atoms with Crippen molar-refractivity contribution in [2.24, 2.45) is 0 Å². The Morgan fingerprint density at radius 3 is 2.00 bits per heavy atom.